The molecule has 0 atom stereocenters. The van der Waals surface area contributed by atoms with Gasteiger partial charge in [0.15, 0.2) is 11.5 Å². The van der Waals surface area contributed by atoms with E-state index in [-0.39, 0.29) is 18.6 Å². The summed E-state index contributed by atoms with van der Waals surface area (Å²) >= 11 is 0. The van der Waals surface area contributed by atoms with E-state index in [0.29, 0.717) is 17.2 Å². The molecule has 8 heteroatoms. The summed E-state index contributed by atoms with van der Waals surface area (Å²) in [5, 5.41) is 8.51. The van der Waals surface area contributed by atoms with Gasteiger partial charge in [-0.3, -0.25) is 9.52 Å². The van der Waals surface area contributed by atoms with Crippen molar-refractivity contribution in [2.24, 2.45) is 0 Å². The second-order valence-electron chi connectivity index (χ2n) is 5.18. The van der Waals surface area contributed by atoms with Crippen LogP contribution in [0.25, 0.3) is 0 Å². The third-order valence-electron chi connectivity index (χ3n) is 2.73. The molecule has 0 fully saturated rings. The molecule has 0 radical (unpaired) electrons. The van der Waals surface area contributed by atoms with Gasteiger partial charge in [-0.1, -0.05) is 0 Å². The summed E-state index contributed by atoms with van der Waals surface area (Å²) in [6, 6.07) is 4.73. The van der Waals surface area contributed by atoms with Crippen molar-refractivity contribution in [2.45, 2.75) is 32.5 Å². The Balaban J connectivity index is 2.03. The SMILES string of the molecule is CC1(C)Oc2ccc(NS(=O)(=O)CCCC(=O)O)cc2O1. The summed E-state index contributed by atoms with van der Waals surface area (Å²) in [6.45, 7) is 3.51. The quantitative estimate of drug-likeness (QED) is 0.830. The van der Waals surface area contributed by atoms with Crippen LogP contribution in [0.4, 0.5) is 5.69 Å². The van der Waals surface area contributed by atoms with E-state index in [0.717, 1.165) is 0 Å². The molecule has 1 aromatic rings. The first-order valence-electron chi connectivity index (χ1n) is 6.41. The van der Waals surface area contributed by atoms with Crippen LogP contribution in [0.2, 0.25) is 0 Å². The van der Waals surface area contributed by atoms with Crippen LogP contribution in [0, 0.1) is 0 Å². The molecule has 1 aromatic carbocycles. The second kappa shape index (κ2) is 5.44. The largest absolute Gasteiger partial charge is 0.481 e. The normalized spacial score (nSPS) is 15.7. The lowest BCUT2D eigenvalue weighted by atomic mass is 10.3. The van der Waals surface area contributed by atoms with Gasteiger partial charge in [-0.2, -0.15) is 0 Å². The van der Waals surface area contributed by atoms with E-state index in [2.05, 4.69) is 4.72 Å². The second-order valence-corrected chi connectivity index (χ2v) is 7.03. The summed E-state index contributed by atoms with van der Waals surface area (Å²) in [5.74, 6) is -1.03. The molecule has 0 aliphatic carbocycles. The molecular formula is C13H17NO6S. The molecule has 0 amide bonds. The number of fused-ring (bicyclic) bond motifs is 1. The molecule has 7 nitrogen and oxygen atoms in total. The zero-order valence-electron chi connectivity index (χ0n) is 11.8. The molecule has 21 heavy (non-hydrogen) atoms. The molecule has 1 heterocycles. The molecular weight excluding hydrogens is 298 g/mol. The summed E-state index contributed by atoms with van der Waals surface area (Å²) in [4.78, 5) is 10.4. The van der Waals surface area contributed by atoms with Gasteiger partial charge in [-0.25, -0.2) is 8.42 Å². The highest BCUT2D eigenvalue weighted by molar-refractivity contribution is 7.92. The zero-order chi connectivity index (χ0) is 15.7. The lowest BCUT2D eigenvalue weighted by Gasteiger charge is -2.16. The number of sulfonamides is 1. The Morgan fingerprint density at radius 1 is 1.29 bits per heavy atom. The Morgan fingerprint density at radius 3 is 2.62 bits per heavy atom. The predicted octanol–water partition coefficient (Wildman–Crippen LogP) is 1.80. The first-order valence-corrected chi connectivity index (χ1v) is 8.06. The Morgan fingerprint density at radius 2 is 1.95 bits per heavy atom. The van der Waals surface area contributed by atoms with Gasteiger partial charge in [0.2, 0.25) is 15.8 Å². The first kappa shape index (κ1) is 15.4. The number of carbonyl (C=O) groups is 1. The maximum atomic E-state index is 11.8. The standard InChI is InChI=1S/C13H17NO6S/c1-13(2)19-10-6-5-9(8-11(10)20-13)14-21(17,18)7-3-4-12(15)16/h5-6,8,14H,3-4,7H2,1-2H3,(H,15,16). The Labute approximate surface area is 122 Å². The predicted molar refractivity (Wildman–Crippen MR) is 76.1 cm³/mol. The van der Waals surface area contributed by atoms with Gasteiger partial charge in [0.1, 0.15) is 0 Å². The molecule has 0 spiro atoms. The van der Waals surface area contributed by atoms with Crippen molar-refractivity contribution in [3.8, 4) is 11.5 Å². The molecule has 0 aromatic heterocycles. The number of carboxylic acid groups (broad SMARTS) is 1. The summed E-state index contributed by atoms with van der Waals surface area (Å²) < 4.78 is 37.1. The molecule has 2 N–H and O–H groups in total. The van der Waals surface area contributed by atoms with Crippen LogP contribution in [0.5, 0.6) is 11.5 Å². The van der Waals surface area contributed by atoms with E-state index in [4.69, 9.17) is 14.6 Å². The number of carboxylic acids is 1. The van der Waals surface area contributed by atoms with E-state index in [1.807, 2.05) is 0 Å². The number of rotatable bonds is 6. The molecule has 116 valence electrons. The van der Waals surface area contributed by atoms with Crippen LogP contribution in [0.1, 0.15) is 26.7 Å². The molecule has 1 aliphatic heterocycles. The van der Waals surface area contributed by atoms with E-state index >= 15 is 0 Å². The lowest BCUT2D eigenvalue weighted by molar-refractivity contribution is -0.137. The minimum absolute atomic E-state index is 0.0578. The minimum Gasteiger partial charge on any atom is -0.481 e. The average molecular weight is 315 g/mol. The summed E-state index contributed by atoms with van der Waals surface area (Å²) in [6.07, 6.45) is -0.127. The van der Waals surface area contributed by atoms with Gasteiger partial charge in [0.05, 0.1) is 11.4 Å². The van der Waals surface area contributed by atoms with E-state index in [1.54, 1.807) is 32.0 Å². The van der Waals surface area contributed by atoms with Crippen molar-refractivity contribution in [3.05, 3.63) is 18.2 Å². The third kappa shape index (κ3) is 4.25. The van der Waals surface area contributed by atoms with Crippen molar-refractivity contribution in [1.82, 2.24) is 0 Å². The van der Waals surface area contributed by atoms with E-state index in [1.165, 1.54) is 0 Å². The number of anilines is 1. The van der Waals surface area contributed by atoms with Crippen LogP contribution >= 0.6 is 0 Å². The molecule has 0 saturated carbocycles. The number of ether oxygens (including phenoxy) is 2. The topological polar surface area (TPSA) is 102 Å². The van der Waals surface area contributed by atoms with Crippen LogP contribution in [-0.4, -0.2) is 31.0 Å². The Kier molecular flexibility index (Phi) is 3.99. The minimum atomic E-state index is -3.59. The van der Waals surface area contributed by atoms with Crippen LogP contribution in [0.15, 0.2) is 18.2 Å². The van der Waals surface area contributed by atoms with Crippen molar-refractivity contribution >= 4 is 21.7 Å². The molecule has 0 unspecified atom stereocenters. The molecule has 0 bridgehead atoms. The lowest BCUT2D eigenvalue weighted by Crippen LogP contribution is -2.29. The van der Waals surface area contributed by atoms with Crippen LogP contribution in [-0.2, 0) is 14.8 Å². The van der Waals surface area contributed by atoms with Crippen molar-refractivity contribution in [1.29, 1.82) is 0 Å². The van der Waals surface area contributed by atoms with E-state index in [9.17, 15) is 13.2 Å². The Hall–Kier alpha value is -1.96. The number of aliphatic carboxylic acids is 1. The van der Waals surface area contributed by atoms with E-state index < -0.39 is 21.8 Å². The highest BCUT2D eigenvalue weighted by Gasteiger charge is 2.31. The van der Waals surface area contributed by atoms with Crippen molar-refractivity contribution < 1.29 is 27.8 Å². The number of nitrogens with one attached hydrogen (secondary N) is 1. The molecule has 1 aliphatic rings. The number of hydrogen-bond donors (Lipinski definition) is 2. The number of hydrogen-bond acceptors (Lipinski definition) is 5. The van der Waals surface area contributed by atoms with Crippen LogP contribution in [0.3, 0.4) is 0 Å². The smallest absolute Gasteiger partial charge is 0.303 e. The van der Waals surface area contributed by atoms with Crippen LogP contribution < -0.4 is 14.2 Å². The third-order valence-corrected chi connectivity index (χ3v) is 4.11. The fourth-order valence-electron chi connectivity index (χ4n) is 1.93. The van der Waals surface area contributed by atoms with Gasteiger partial charge in [0.25, 0.3) is 0 Å². The van der Waals surface area contributed by atoms with Gasteiger partial charge >= 0.3 is 5.97 Å². The van der Waals surface area contributed by atoms with Crippen molar-refractivity contribution in [3.63, 3.8) is 0 Å². The van der Waals surface area contributed by atoms with Gasteiger partial charge in [-0.15, -0.1) is 0 Å². The van der Waals surface area contributed by atoms with Gasteiger partial charge < -0.3 is 14.6 Å². The zero-order valence-corrected chi connectivity index (χ0v) is 12.6. The van der Waals surface area contributed by atoms with Gasteiger partial charge in [-0.05, 0) is 18.6 Å². The Bertz CT molecular complexity index is 653. The fraction of sp³-hybridized carbons (Fsp3) is 0.462. The number of benzene rings is 1. The first-order chi connectivity index (χ1) is 9.67. The maximum Gasteiger partial charge on any atom is 0.303 e. The average Bonchev–Trinajstić information content (AvgIpc) is 2.60. The highest BCUT2D eigenvalue weighted by atomic mass is 32.2. The highest BCUT2D eigenvalue weighted by Crippen LogP contribution is 2.40. The van der Waals surface area contributed by atoms with Crippen molar-refractivity contribution in [2.75, 3.05) is 10.5 Å². The summed E-state index contributed by atoms with van der Waals surface area (Å²) in [7, 11) is -3.59. The summed E-state index contributed by atoms with van der Waals surface area (Å²) in [5.41, 5.74) is 0.352. The molecule has 0 saturated heterocycles. The monoisotopic (exact) mass is 315 g/mol. The maximum absolute atomic E-state index is 11.8. The van der Waals surface area contributed by atoms with Gasteiger partial charge in [0, 0.05) is 26.3 Å². The fourth-order valence-corrected chi connectivity index (χ4v) is 3.04. The molecule has 2 rings (SSSR count).